The average Bonchev–Trinajstić information content (AvgIpc) is 2.35. The molecule has 1 unspecified atom stereocenters. The molecule has 0 amide bonds. The fourth-order valence-corrected chi connectivity index (χ4v) is 1.69. The molecule has 18 heavy (non-hydrogen) atoms. The summed E-state index contributed by atoms with van der Waals surface area (Å²) in [6.45, 7) is 4.09. The molecule has 0 radical (unpaired) electrons. The van der Waals surface area contributed by atoms with Gasteiger partial charge >= 0.3 is 5.97 Å². The van der Waals surface area contributed by atoms with Gasteiger partial charge in [0.1, 0.15) is 5.69 Å². The van der Waals surface area contributed by atoms with Crippen LogP contribution < -0.4 is 5.73 Å². The van der Waals surface area contributed by atoms with Crippen LogP contribution >= 0.6 is 0 Å². The summed E-state index contributed by atoms with van der Waals surface area (Å²) in [5.41, 5.74) is 6.36. The Morgan fingerprint density at radius 1 is 1.39 bits per heavy atom. The van der Waals surface area contributed by atoms with Gasteiger partial charge in [0.25, 0.3) is 0 Å². The molecule has 0 aliphatic heterocycles. The van der Waals surface area contributed by atoms with Gasteiger partial charge in [0.05, 0.1) is 18.0 Å². The standard InChI is InChI=1S/C14H22N2O2/c1-3-4-5-6-7-11(2)18-14(17)13-9-8-12(15)10-16-13/h8-11H,3-7,15H2,1-2H3. The van der Waals surface area contributed by atoms with Crippen LogP contribution in [0.25, 0.3) is 0 Å². The van der Waals surface area contributed by atoms with Crippen molar-refractivity contribution in [1.82, 2.24) is 4.98 Å². The summed E-state index contributed by atoms with van der Waals surface area (Å²) < 4.78 is 5.31. The highest BCUT2D eigenvalue weighted by molar-refractivity contribution is 5.87. The van der Waals surface area contributed by atoms with Crippen molar-refractivity contribution < 1.29 is 9.53 Å². The number of aromatic nitrogens is 1. The second-order valence-corrected chi connectivity index (χ2v) is 4.54. The maximum atomic E-state index is 11.7. The number of esters is 1. The van der Waals surface area contributed by atoms with Gasteiger partial charge in [0, 0.05) is 0 Å². The van der Waals surface area contributed by atoms with E-state index in [-0.39, 0.29) is 12.1 Å². The van der Waals surface area contributed by atoms with Gasteiger partial charge < -0.3 is 10.5 Å². The molecule has 2 N–H and O–H groups in total. The van der Waals surface area contributed by atoms with Crippen LogP contribution in [0.1, 0.15) is 56.4 Å². The highest BCUT2D eigenvalue weighted by Crippen LogP contribution is 2.10. The molecule has 0 aromatic carbocycles. The van der Waals surface area contributed by atoms with Crippen molar-refractivity contribution in [1.29, 1.82) is 0 Å². The predicted octanol–water partition coefficient (Wildman–Crippen LogP) is 3.18. The van der Waals surface area contributed by atoms with Crippen LogP contribution in [0, 0.1) is 0 Å². The Hall–Kier alpha value is -1.58. The first-order chi connectivity index (χ1) is 8.63. The Morgan fingerprint density at radius 2 is 2.17 bits per heavy atom. The molecule has 0 saturated carbocycles. The van der Waals surface area contributed by atoms with Crippen LogP contribution in [0.4, 0.5) is 5.69 Å². The van der Waals surface area contributed by atoms with Crippen LogP contribution in [0.5, 0.6) is 0 Å². The van der Waals surface area contributed by atoms with Crippen molar-refractivity contribution in [3.8, 4) is 0 Å². The highest BCUT2D eigenvalue weighted by atomic mass is 16.5. The van der Waals surface area contributed by atoms with Gasteiger partial charge in [-0.3, -0.25) is 0 Å². The van der Waals surface area contributed by atoms with E-state index in [0.717, 1.165) is 12.8 Å². The fraction of sp³-hybridized carbons (Fsp3) is 0.571. The lowest BCUT2D eigenvalue weighted by Gasteiger charge is -2.12. The van der Waals surface area contributed by atoms with E-state index >= 15 is 0 Å². The van der Waals surface area contributed by atoms with Crippen molar-refractivity contribution in [3.63, 3.8) is 0 Å². The average molecular weight is 250 g/mol. The minimum atomic E-state index is -0.377. The third-order valence-corrected chi connectivity index (χ3v) is 2.77. The number of carbonyl (C=O) groups excluding carboxylic acids is 1. The zero-order valence-corrected chi connectivity index (χ0v) is 11.2. The first kappa shape index (κ1) is 14.5. The summed E-state index contributed by atoms with van der Waals surface area (Å²) in [6.07, 6.45) is 7.04. The molecule has 0 saturated heterocycles. The molecule has 4 nitrogen and oxygen atoms in total. The van der Waals surface area contributed by atoms with E-state index in [2.05, 4.69) is 11.9 Å². The number of nitrogen functional groups attached to an aromatic ring is 1. The molecule has 0 spiro atoms. The summed E-state index contributed by atoms with van der Waals surface area (Å²) in [5, 5.41) is 0. The number of pyridine rings is 1. The summed E-state index contributed by atoms with van der Waals surface area (Å²) in [6, 6.07) is 3.23. The van der Waals surface area contributed by atoms with E-state index in [0.29, 0.717) is 11.4 Å². The zero-order valence-electron chi connectivity index (χ0n) is 11.2. The number of anilines is 1. The minimum absolute atomic E-state index is 0.0614. The van der Waals surface area contributed by atoms with Crippen LogP contribution in [-0.4, -0.2) is 17.1 Å². The molecule has 1 rings (SSSR count). The Morgan fingerprint density at radius 3 is 2.78 bits per heavy atom. The highest BCUT2D eigenvalue weighted by Gasteiger charge is 2.12. The number of nitrogens with zero attached hydrogens (tertiary/aromatic N) is 1. The number of ether oxygens (including phenoxy) is 1. The van der Waals surface area contributed by atoms with Crippen LogP contribution in [0.3, 0.4) is 0 Å². The van der Waals surface area contributed by atoms with Crippen LogP contribution in [0.15, 0.2) is 18.3 Å². The minimum Gasteiger partial charge on any atom is -0.458 e. The van der Waals surface area contributed by atoms with Gasteiger partial charge in [0.2, 0.25) is 0 Å². The molecule has 1 aromatic rings. The largest absolute Gasteiger partial charge is 0.458 e. The number of rotatable bonds is 7. The molecule has 1 atom stereocenters. The Balaban J connectivity index is 2.33. The van der Waals surface area contributed by atoms with Gasteiger partial charge in [-0.05, 0) is 31.9 Å². The second kappa shape index (κ2) is 7.69. The third kappa shape index (κ3) is 5.17. The van der Waals surface area contributed by atoms with Gasteiger partial charge in [-0.2, -0.15) is 0 Å². The van der Waals surface area contributed by atoms with Crippen LogP contribution in [-0.2, 0) is 4.74 Å². The molecule has 0 aliphatic carbocycles. The SMILES string of the molecule is CCCCCCC(C)OC(=O)c1ccc(N)cn1. The summed E-state index contributed by atoms with van der Waals surface area (Å²) in [5.74, 6) is -0.377. The van der Waals surface area contributed by atoms with Crippen molar-refractivity contribution in [2.45, 2.75) is 52.1 Å². The molecular formula is C14H22N2O2. The predicted molar refractivity (Wildman–Crippen MR) is 72.3 cm³/mol. The summed E-state index contributed by atoms with van der Waals surface area (Å²) >= 11 is 0. The normalized spacial score (nSPS) is 12.1. The fourth-order valence-electron chi connectivity index (χ4n) is 1.69. The van der Waals surface area contributed by atoms with E-state index in [1.165, 1.54) is 25.5 Å². The van der Waals surface area contributed by atoms with E-state index in [1.54, 1.807) is 12.1 Å². The lowest BCUT2D eigenvalue weighted by Crippen LogP contribution is -2.16. The van der Waals surface area contributed by atoms with Crippen LogP contribution in [0.2, 0.25) is 0 Å². The maximum Gasteiger partial charge on any atom is 0.357 e. The Kier molecular flexibility index (Phi) is 6.19. The van der Waals surface area contributed by atoms with Crippen molar-refractivity contribution in [2.75, 3.05) is 5.73 Å². The van der Waals surface area contributed by atoms with Crippen molar-refractivity contribution in [2.24, 2.45) is 0 Å². The molecule has 0 fully saturated rings. The maximum absolute atomic E-state index is 11.7. The van der Waals surface area contributed by atoms with E-state index in [4.69, 9.17) is 10.5 Å². The third-order valence-electron chi connectivity index (χ3n) is 2.77. The number of carbonyl (C=O) groups is 1. The number of hydrogen-bond acceptors (Lipinski definition) is 4. The van der Waals surface area contributed by atoms with Gasteiger partial charge in [0.15, 0.2) is 0 Å². The molecular weight excluding hydrogens is 228 g/mol. The zero-order chi connectivity index (χ0) is 13.4. The summed E-state index contributed by atoms with van der Waals surface area (Å²) in [4.78, 5) is 15.7. The lowest BCUT2D eigenvalue weighted by atomic mass is 10.1. The Bertz CT molecular complexity index is 363. The lowest BCUT2D eigenvalue weighted by molar-refractivity contribution is 0.0312. The van der Waals surface area contributed by atoms with Crippen molar-refractivity contribution in [3.05, 3.63) is 24.0 Å². The number of hydrogen-bond donors (Lipinski definition) is 1. The van der Waals surface area contributed by atoms with Crippen molar-refractivity contribution >= 4 is 11.7 Å². The van der Waals surface area contributed by atoms with Gasteiger partial charge in [-0.1, -0.05) is 26.2 Å². The van der Waals surface area contributed by atoms with E-state index in [1.807, 2.05) is 6.92 Å². The Labute approximate surface area is 109 Å². The van der Waals surface area contributed by atoms with E-state index < -0.39 is 0 Å². The first-order valence-corrected chi connectivity index (χ1v) is 6.56. The molecule has 4 heteroatoms. The van der Waals surface area contributed by atoms with Gasteiger partial charge in [-0.25, -0.2) is 9.78 Å². The van der Waals surface area contributed by atoms with E-state index in [9.17, 15) is 4.79 Å². The molecule has 100 valence electrons. The molecule has 1 heterocycles. The summed E-state index contributed by atoms with van der Waals surface area (Å²) in [7, 11) is 0. The topological polar surface area (TPSA) is 65.2 Å². The van der Waals surface area contributed by atoms with Gasteiger partial charge in [-0.15, -0.1) is 0 Å². The monoisotopic (exact) mass is 250 g/mol. The number of unbranched alkanes of at least 4 members (excludes halogenated alkanes) is 3. The molecule has 1 aromatic heterocycles. The smallest absolute Gasteiger partial charge is 0.357 e. The molecule has 0 aliphatic rings. The number of nitrogens with two attached hydrogens (primary N) is 1. The quantitative estimate of drug-likeness (QED) is 0.596. The first-order valence-electron chi connectivity index (χ1n) is 6.56. The second-order valence-electron chi connectivity index (χ2n) is 4.54. The molecule has 0 bridgehead atoms.